The Hall–Kier alpha value is 0.530. The van der Waals surface area contributed by atoms with Gasteiger partial charge in [-0.05, 0) is 31.3 Å². The van der Waals surface area contributed by atoms with Crippen molar-refractivity contribution in [3.05, 3.63) is 0 Å². The van der Waals surface area contributed by atoms with Crippen LogP contribution in [0.3, 0.4) is 0 Å². The van der Waals surface area contributed by atoms with Crippen LogP contribution >= 0.6 is 17.7 Å². The van der Waals surface area contributed by atoms with Crippen LogP contribution < -0.4 is 0 Å². The molecule has 0 bridgehead atoms. The van der Waals surface area contributed by atoms with Gasteiger partial charge in [0.1, 0.15) is 0 Å². The van der Waals surface area contributed by atoms with E-state index >= 15 is 0 Å². The normalized spacial score (nSPS) is 24.7. The average molecular weight is 218 g/mol. The summed E-state index contributed by atoms with van der Waals surface area (Å²) in [5.74, 6) is 0. The summed E-state index contributed by atoms with van der Waals surface area (Å²) in [6.45, 7) is 0. The van der Waals surface area contributed by atoms with E-state index in [0.29, 0.717) is 14.1 Å². The topological polar surface area (TPSA) is 17.1 Å². The van der Waals surface area contributed by atoms with Gasteiger partial charge in [0, 0.05) is 5.66 Å². The van der Waals surface area contributed by atoms with Crippen molar-refractivity contribution in [2.75, 3.05) is 0 Å². The summed E-state index contributed by atoms with van der Waals surface area (Å²) >= 11 is 0. The molecule has 2 aliphatic rings. The minimum Gasteiger partial charge on any atom is -0.275 e. The van der Waals surface area contributed by atoms with Crippen molar-refractivity contribution >= 4 is 17.7 Å². The highest BCUT2D eigenvalue weighted by Crippen LogP contribution is 2.27. The number of rotatable bonds is 1. The fourth-order valence-corrected chi connectivity index (χ4v) is 3.01. The van der Waals surface area contributed by atoms with E-state index in [1.807, 2.05) is 0 Å². The van der Waals surface area contributed by atoms with Gasteiger partial charge in [0.15, 0.2) is 8.46 Å². The minimum atomic E-state index is 0.372. The fourth-order valence-electron chi connectivity index (χ4n) is 1.97. The largest absolute Gasteiger partial charge is 0.275 e. The van der Waals surface area contributed by atoms with E-state index in [1.54, 1.807) is 0 Å². The third kappa shape index (κ3) is 5.08. The molecule has 1 nitrogen and oxygen atoms in total. The molecule has 2 fully saturated rings. The molecule has 3 heteroatoms. The lowest BCUT2D eigenvalue weighted by atomic mass is 10.4. The molecule has 0 aromatic heterocycles. The van der Waals surface area contributed by atoms with Gasteiger partial charge in [0.2, 0.25) is 0 Å². The Morgan fingerprint density at radius 3 is 1.62 bits per heavy atom. The maximum absolute atomic E-state index is 10.1. The predicted octanol–water partition coefficient (Wildman–Crippen LogP) is 4.02. The van der Waals surface area contributed by atoms with Gasteiger partial charge in [-0.1, -0.05) is 25.7 Å². The summed E-state index contributed by atoms with van der Waals surface area (Å²) in [6, 6.07) is 0. The van der Waals surface area contributed by atoms with Gasteiger partial charge in [-0.15, -0.1) is 9.24 Å². The maximum Gasteiger partial charge on any atom is 0.158 e. The third-order valence-corrected chi connectivity index (χ3v) is 4.35. The summed E-state index contributed by atoms with van der Waals surface area (Å²) in [5.41, 5.74) is 1.48. The lowest BCUT2D eigenvalue weighted by Gasteiger charge is -1.91. The molecule has 2 aliphatic carbocycles. The standard InChI is InChI=1S/C5H9OP.C5H11P/c6-7-5-3-1-2-4-5;6-5-3-1-2-4-5/h5H,1-4H2;5H,1-4,6H2. The summed E-state index contributed by atoms with van der Waals surface area (Å²) in [7, 11) is 3.24. The Morgan fingerprint density at radius 1 is 0.923 bits per heavy atom. The summed E-state index contributed by atoms with van der Waals surface area (Å²) < 4.78 is 10.1. The van der Waals surface area contributed by atoms with Crippen LogP contribution in [0.2, 0.25) is 0 Å². The van der Waals surface area contributed by atoms with Gasteiger partial charge in [-0.3, -0.25) is 4.57 Å². The third-order valence-electron chi connectivity index (χ3n) is 2.87. The van der Waals surface area contributed by atoms with Crippen LogP contribution in [0.15, 0.2) is 0 Å². The van der Waals surface area contributed by atoms with Crippen LogP contribution in [0, 0.1) is 0 Å². The van der Waals surface area contributed by atoms with Crippen molar-refractivity contribution in [2.45, 2.75) is 62.7 Å². The van der Waals surface area contributed by atoms with Crippen molar-refractivity contribution in [1.82, 2.24) is 0 Å². The first-order valence-electron chi connectivity index (χ1n) is 5.41. The van der Waals surface area contributed by atoms with Gasteiger partial charge in [-0.25, -0.2) is 0 Å². The Labute approximate surface area is 85.5 Å². The first-order chi connectivity index (χ1) is 6.33. The van der Waals surface area contributed by atoms with E-state index in [9.17, 15) is 4.57 Å². The average Bonchev–Trinajstić information content (AvgIpc) is 2.76. The van der Waals surface area contributed by atoms with E-state index in [1.165, 1.54) is 51.4 Å². The summed E-state index contributed by atoms with van der Waals surface area (Å²) in [6.07, 6.45) is 10.8. The monoisotopic (exact) mass is 218 g/mol. The highest BCUT2D eigenvalue weighted by molar-refractivity contribution is 7.24. The van der Waals surface area contributed by atoms with Gasteiger partial charge < -0.3 is 0 Å². The van der Waals surface area contributed by atoms with E-state index in [2.05, 4.69) is 9.24 Å². The molecule has 0 aliphatic heterocycles. The fraction of sp³-hybridized carbons (Fsp3) is 1.00. The molecular weight excluding hydrogens is 198 g/mol. The van der Waals surface area contributed by atoms with Crippen LogP contribution in [0.5, 0.6) is 0 Å². The van der Waals surface area contributed by atoms with E-state index in [0.717, 1.165) is 5.66 Å². The molecule has 0 aromatic carbocycles. The van der Waals surface area contributed by atoms with Crippen molar-refractivity contribution in [2.24, 2.45) is 0 Å². The molecular formula is C10H20OP2. The van der Waals surface area contributed by atoms with Gasteiger partial charge >= 0.3 is 0 Å². The Bertz CT molecular complexity index is 138. The second-order valence-electron chi connectivity index (χ2n) is 4.09. The molecule has 1 atom stereocenters. The summed E-state index contributed by atoms with van der Waals surface area (Å²) in [4.78, 5) is 0. The first kappa shape index (κ1) is 11.6. The molecule has 0 saturated heterocycles. The van der Waals surface area contributed by atoms with Crippen molar-refractivity contribution < 1.29 is 4.57 Å². The van der Waals surface area contributed by atoms with Crippen LogP contribution in [0.1, 0.15) is 51.4 Å². The predicted molar refractivity (Wildman–Crippen MR) is 61.8 cm³/mol. The number of hydrogen-bond acceptors (Lipinski definition) is 1. The molecule has 2 saturated carbocycles. The van der Waals surface area contributed by atoms with Crippen molar-refractivity contribution in [1.29, 1.82) is 0 Å². The zero-order chi connectivity index (χ0) is 9.52. The first-order valence-corrected chi connectivity index (χ1v) is 6.96. The van der Waals surface area contributed by atoms with E-state index in [4.69, 9.17) is 0 Å². The lowest BCUT2D eigenvalue weighted by Crippen LogP contribution is -1.84. The highest BCUT2D eigenvalue weighted by Gasteiger charge is 2.13. The minimum absolute atomic E-state index is 0.372. The van der Waals surface area contributed by atoms with Crippen LogP contribution in [0.4, 0.5) is 0 Å². The number of hydrogen-bond donors (Lipinski definition) is 0. The van der Waals surface area contributed by atoms with E-state index < -0.39 is 0 Å². The maximum atomic E-state index is 10.1. The molecule has 76 valence electrons. The summed E-state index contributed by atoms with van der Waals surface area (Å²) in [5, 5.41) is 0. The molecule has 1 unspecified atom stereocenters. The molecule has 0 amide bonds. The van der Waals surface area contributed by atoms with Crippen LogP contribution in [-0.4, -0.2) is 11.3 Å². The molecule has 0 heterocycles. The molecule has 2 rings (SSSR count). The zero-order valence-corrected chi connectivity index (χ0v) is 10.3. The smallest absolute Gasteiger partial charge is 0.158 e. The second kappa shape index (κ2) is 6.91. The van der Waals surface area contributed by atoms with Crippen LogP contribution in [-0.2, 0) is 4.57 Å². The molecule has 0 radical (unpaired) electrons. The highest BCUT2D eigenvalue weighted by atomic mass is 31.1. The Kier molecular flexibility index (Phi) is 6.16. The Morgan fingerprint density at radius 2 is 1.38 bits per heavy atom. The Balaban J connectivity index is 0.000000132. The second-order valence-corrected chi connectivity index (χ2v) is 5.97. The zero-order valence-electron chi connectivity index (χ0n) is 8.24. The molecule has 0 aromatic rings. The van der Waals surface area contributed by atoms with Crippen LogP contribution in [0.25, 0.3) is 0 Å². The quantitative estimate of drug-likeness (QED) is 0.607. The van der Waals surface area contributed by atoms with Gasteiger partial charge in [0.25, 0.3) is 0 Å². The SMILES string of the molecule is O=PC1CCCC1.PC1CCCC1. The van der Waals surface area contributed by atoms with Gasteiger partial charge in [-0.2, -0.15) is 0 Å². The van der Waals surface area contributed by atoms with E-state index in [-0.39, 0.29) is 0 Å². The molecule has 0 spiro atoms. The molecule has 13 heavy (non-hydrogen) atoms. The van der Waals surface area contributed by atoms with Crippen molar-refractivity contribution in [3.63, 3.8) is 0 Å². The lowest BCUT2D eigenvalue weighted by molar-refractivity contribution is 0.590. The van der Waals surface area contributed by atoms with Gasteiger partial charge in [0.05, 0.1) is 0 Å². The van der Waals surface area contributed by atoms with Crippen molar-refractivity contribution in [3.8, 4) is 0 Å². The molecule has 0 N–H and O–H groups in total.